The fraction of sp³-hybridized carbons (Fsp3) is 0.231. The molecule has 9 nitrogen and oxygen atoms in total. The van der Waals surface area contributed by atoms with Gasteiger partial charge in [0.1, 0.15) is 5.82 Å². The number of amides is 2. The van der Waals surface area contributed by atoms with Crippen molar-refractivity contribution in [1.82, 2.24) is 9.97 Å². The van der Waals surface area contributed by atoms with Crippen molar-refractivity contribution >= 4 is 56.2 Å². The van der Waals surface area contributed by atoms with Gasteiger partial charge in [0.15, 0.2) is 11.6 Å². The molecule has 11 heteroatoms. The minimum atomic E-state index is -0.837. The molecule has 0 bridgehead atoms. The molecule has 0 spiro atoms. The van der Waals surface area contributed by atoms with E-state index >= 15 is 0 Å². The van der Waals surface area contributed by atoms with Crippen molar-refractivity contribution in [2.24, 2.45) is 11.5 Å². The summed E-state index contributed by atoms with van der Waals surface area (Å²) in [6.45, 7) is 0. The molecule has 2 amide bonds. The Morgan fingerprint density at radius 1 is 1.03 bits per heavy atom. The highest BCUT2D eigenvalue weighted by molar-refractivity contribution is 7.17. The molecule has 0 unspecified atom stereocenters. The van der Waals surface area contributed by atoms with Crippen molar-refractivity contribution in [3.05, 3.63) is 71.1 Å². The van der Waals surface area contributed by atoms with Crippen LogP contribution in [0.4, 0.5) is 27.4 Å². The molecule has 7 N–H and O–H groups in total. The van der Waals surface area contributed by atoms with Crippen molar-refractivity contribution in [1.29, 1.82) is 0 Å². The largest absolute Gasteiger partial charge is 0.365 e. The zero-order valence-electron chi connectivity index (χ0n) is 19.8. The Morgan fingerprint density at radius 3 is 2.65 bits per heavy atom. The predicted molar refractivity (Wildman–Crippen MR) is 144 cm³/mol. The number of benzene rings is 1. The number of hydrogen-bond acceptors (Lipinski definition) is 8. The van der Waals surface area contributed by atoms with E-state index in [-0.39, 0.29) is 35.2 Å². The van der Waals surface area contributed by atoms with Crippen molar-refractivity contribution in [2.45, 2.75) is 37.8 Å². The summed E-state index contributed by atoms with van der Waals surface area (Å²) in [5.74, 6) is -1.78. The minimum Gasteiger partial charge on any atom is -0.365 e. The first-order valence-electron chi connectivity index (χ1n) is 11.9. The smallest absolute Gasteiger partial charge is 0.255 e. The standard InChI is InChI=1S/C26H26FN7O2S/c27-19-11-18(23(29)35)24(34-25(19)33-21-4-2-1-3-20(21)28)31-16-10-17(13-30-12-16)32-26(36)15-5-6-22-14(9-15)7-8-37-22/h5-13,20-21H,1-4,28H2,(H2,29,35)(H,32,36)(H2,31,33,34)/t20-,21+/m0/s1. The minimum absolute atomic E-state index is 0.0175. The fourth-order valence-corrected chi connectivity index (χ4v) is 5.18. The topological polar surface area (TPSA) is 148 Å². The highest BCUT2D eigenvalue weighted by Gasteiger charge is 2.24. The summed E-state index contributed by atoms with van der Waals surface area (Å²) in [5, 5.41) is 11.8. The van der Waals surface area contributed by atoms with Gasteiger partial charge >= 0.3 is 0 Å². The van der Waals surface area contributed by atoms with E-state index in [9.17, 15) is 14.0 Å². The average Bonchev–Trinajstić information content (AvgIpc) is 3.35. The Kier molecular flexibility index (Phi) is 6.97. The normalized spacial score (nSPS) is 17.4. The third-order valence-corrected chi connectivity index (χ3v) is 7.25. The maximum Gasteiger partial charge on any atom is 0.255 e. The van der Waals surface area contributed by atoms with Gasteiger partial charge < -0.3 is 27.4 Å². The Hall–Kier alpha value is -4.09. The van der Waals surface area contributed by atoms with Crippen LogP contribution in [0.25, 0.3) is 10.1 Å². The zero-order chi connectivity index (χ0) is 25.9. The van der Waals surface area contributed by atoms with Crippen molar-refractivity contribution < 1.29 is 14.0 Å². The van der Waals surface area contributed by atoms with E-state index in [1.54, 1.807) is 23.5 Å². The Morgan fingerprint density at radius 2 is 1.84 bits per heavy atom. The summed E-state index contributed by atoms with van der Waals surface area (Å²) < 4.78 is 15.9. The average molecular weight is 520 g/mol. The zero-order valence-corrected chi connectivity index (χ0v) is 20.6. The highest BCUT2D eigenvalue weighted by Crippen LogP contribution is 2.28. The van der Waals surface area contributed by atoms with Crippen molar-refractivity contribution in [2.75, 3.05) is 16.0 Å². The van der Waals surface area contributed by atoms with Gasteiger partial charge in [-0.3, -0.25) is 14.6 Å². The van der Waals surface area contributed by atoms with Crippen LogP contribution >= 0.6 is 11.3 Å². The number of primary amides is 1. The van der Waals surface area contributed by atoms with Crippen LogP contribution in [0.1, 0.15) is 46.4 Å². The second-order valence-corrected chi connectivity index (χ2v) is 9.94. The third-order valence-electron chi connectivity index (χ3n) is 6.36. The van der Waals surface area contributed by atoms with Crippen molar-refractivity contribution in [3.63, 3.8) is 0 Å². The van der Waals surface area contributed by atoms with E-state index in [2.05, 4.69) is 25.9 Å². The monoisotopic (exact) mass is 519 g/mol. The van der Waals surface area contributed by atoms with Gasteiger partial charge in [0.05, 0.1) is 29.3 Å². The third kappa shape index (κ3) is 5.52. The lowest BCUT2D eigenvalue weighted by Gasteiger charge is -2.30. The van der Waals surface area contributed by atoms with Gasteiger partial charge in [0, 0.05) is 22.3 Å². The SMILES string of the molecule is NC(=O)c1cc(F)c(N[C@@H]2CCCC[C@@H]2N)nc1Nc1cncc(NC(=O)c2ccc3sccc3c2)c1. The maximum absolute atomic E-state index is 14.8. The number of aromatic nitrogens is 2. The van der Waals surface area contributed by atoms with Crippen LogP contribution in [-0.4, -0.2) is 33.9 Å². The number of anilines is 4. The van der Waals surface area contributed by atoms with Crippen LogP contribution in [-0.2, 0) is 0 Å². The van der Waals surface area contributed by atoms with Gasteiger partial charge in [-0.2, -0.15) is 0 Å². The van der Waals surface area contributed by atoms with Crippen LogP contribution < -0.4 is 27.4 Å². The van der Waals surface area contributed by atoms with Crippen LogP contribution in [0.2, 0.25) is 0 Å². The van der Waals surface area contributed by atoms with E-state index < -0.39 is 11.7 Å². The molecule has 0 aliphatic heterocycles. The summed E-state index contributed by atoms with van der Waals surface area (Å²) >= 11 is 1.61. The molecule has 5 rings (SSSR count). The molecule has 1 aliphatic rings. The molecule has 3 heterocycles. The van der Waals surface area contributed by atoms with Gasteiger partial charge in [-0.05, 0) is 60.0 Å². The highest BCUT2D eigenvalue weighted by atomic mass is 32.1. The second kappa shape index (κ2) is 10.5. The lowest BCUT2D eigenvalue weighted by molar-refractivity contribution is 0.0997. The summed E-state index contributed by atoms with van der Waals surface area (Å²) in [4.78, 5) is 33.3. The van der Waals surface area contributed by atoms with E-state index in [1.165, 1.54) is 12.4 Å². The van der Waals surface area contributed by atoms with Crippen molar-refractivity contribution in [3.8, 4) is 0 Å². The fourth-order valence-electron chi connectivity index (χ4n) is 4.41. The van der Waals surface area contributed by atoms with E-state index in [1.807, 2.05) is 23.6 Å². The molecule has 1 aliphatic carbocycles. The van der Waals surface area contributed by atoms with E-state index in [0.717, 1.165) is 41.8 Å². The van der Waals surface area contributed by atoms with Gasteiger partial charge in [-0.25, -0.2) is 9.37 Å². The number of pyridine rings is 2. The summed E-state index contributed by atoms with van der Waals surface area (Å²) in [6, 6.07) is 9.89. The van der Waals surface area contributed by atoms with Crippen LogP contribution in [0.3, 0.4) is 0 Å². The number of nitrogens with two attached hydrogens (primary N) is 2. The molecule has 37 heavy (non-hydrogen) atoms. The first-order chi connectivity index (χ1) is 17.9. The quantitative estimate of drug-likeness (QED) is 0.239. The first kappa shape index (κ1) is 24.6. The first-order valence-corrected chi connectivity index (χ1v) is 12.8. The summed E-state index contributed by atoms with van der Waals surface area (Å²) in [6.07, 6.45) is 6.65. The number of hydrogen-bond donors (Lipinski definition) is 5. The molecule has 190 valence electrons. The molecule has 4 aromatic rings. The van der Waals surface area contributed by atoms with Crippen LogP contribution in [0.5, 0.6) is 0 Å². The molecule has 1 aromatic carbocycles. The van der Waals surface area contributed by atoms with Crippen LogP contribution in [0, 0.1) is 5.82 Å². The van der Waals surface area contributed by atoms with Gasteiger partial charge in [0.25, 0.3) is 11.8 Å². The molecular weight excluding hydrogens is 493 g/mol. The lowest BCUT2D eigenvalue weighted by atomic mass is 9.91. The maximum atomic E-state index is 14.8. The molecular formula is C26H26FN7O2S. The molecule has 3 aromatic heterocycles. The number of thiophene rings is 1. The number of carbonyl (C=O) groups is 2. The molecule has 1 saturated carbocycles. The number of rotatable bonds is 7. The van der Waals surface area contributed by atoms with Crippen LogP contribution in [0.15, 0.2) is 54.2 Å². The number of halogens is 1. The molecule has 2 atom stereocenters. The predicted octanol–water partition coefficient (Wildman–Crippen LogP) is 4.61. The lowest BCUT2D eigenvalue weighted by Crippen LogP contribution is -2.43. The number of fused-ring (bicyclic) bond motifs is 1. The Labute approximate surface area is 216 Å². The molecule has 0 saturated heterocycles. The van der Waals surface area contributed by atoms with E-state index in [4.69, 9.17) is 11.5 Å². The Balaban J connectivity index is 1.36. The van der Waals surface area contributed by atoms with Gasteiger partial charge in [-0.1, -0.05) is 12.8 Å². The number of nitrogens with zero attached hydrogens (tertiary/aromatic N) is 2. The second-order valence-electron chi connectivity index (χ2n) is 8.99. The number of carbonyl (C=O) groups excluding carboxylic acids is 2. The van der Waals surface area contributed by atoms with Gasteiger partial charge in [0.2, 0.25) is 0 Å². The number of nitrogens with one attached hydrogen (secondary N) is 3. The summed E-state index contributed by atoms with van der Waals surface area (Å²) in [5.41, 5.74) is 12.9. The summed E-state index contributed by atoms with van der Waals surface area (Å²) in [7, 11) is 0. The van der Waals surface area contributed by atoms with E-state index in [0.29, 0.717) is 16.9 Å². The molecule has 0 radical (unpaired) electrons. The van der Waals surface area contributed by atoms with Gasteiger partial charge in [-0.15, -0.1) is 11.3 Å². The molecule has 1 fully saturated rings. The Bertz CT molecular complexity index is 1470.